The van der Waals surface area contributed by atoms with E-state index in [1.807, 2.05) is 36.4 Å². The normalized spacial score (nSPS) is 14.5. The van der Waals surface area contributed by atoms with Gasteiger partial charge in [-0.1, -0.05) is 36.6 Å². The van der Waals surface area contributed by atoms with Gasteiger partial charge >= 0.3 is 0 Å². The SMILES string of the molecule is CC(C)(Oc1ccc(Cl)cc1)C(=O)Nc1ccc(-c2ccc(N3CCCCCC3)nn2)cc1. The number of amides is 1. The monoisotopic (exact) mass is 464 g/mol. The van der Waals surface area contributed by atoms with Gasteiger partial charge in [-0.15, -0.1) is 10.2 Å². The third kappa shape index (κ3) is 6.02. The van der Waals surface area contributed by atoms with E-state index < -0.39 is 5.60 Å². The Morgan fingerprint density at radius 1 is 0.909 bits per heavy atom. The first-order chi connectivity index (χ1) is 15.9. The molecule has 2 aromatic carbocycles. The first kappa shape index (κ1) is 23.1. The fourth-order valence-electron chi connectivity index (χ4n) is 3.80. The van der Waals surface area contributed by atoms with E-state index in [-0.39, 0.29) is 5.91 Å². The Morgan fingerprint density at radius 2 is 1.58 bits per heavy atom. The summed E-state index contributed by atoms with van der Waals surface area (Å²) in [4.78, 5) is 15.1. The lowest BCUT2D eigenvalue weighted by Crippen LogP contribution is -2.42. The molecule has 6 nitrogen and oxygen atoms in total. The highest BCUT2D eigenvalue weighted by molar-refractivity contribution is 6.30. The van der Waals surface area contributed by atoms with E-state index in [1.54, 1.807) is 38.1 Å². The van der Waals surface area contributed by atoms with Crippen molar-refractivity contribution in [2.45, 2.75) is 45.1 Å². The van der Waals surface area contributed by atoms with Crippen molar-refractivity contribution in [3.63, 3.8) is 0 Å². The molecule has 0 radical (unpaired) electrons. The molecule has 172 valence electrons. The molecular weight excluding hydrogens is 436 g/mol. The number of nitrogens with one attached hydrogen (secondary N) is 1. The number of ether oxygens (including phenoxy) is 1. The Morgan fingerprint density at radius 3 is 2.18 bits per heavy atom. The fourth-order valence-corrected chi connectivity index (χ4v) is 3.92. The molecule has 0 saturated carbocycles. The van der Waals surface area contributed by atoms with Crippen LogP contribution in [-0.2, 0) is 4.79 Å². The van der Waals surface area contributed by atoms with Gasteiger partial charge in [-0.25, -0.2) is 0 Å². The minimum atomic E-state index is -1.05. The van der Waals surface area contributed by atoms with E-state index in [4.69, 9.17) is 16.3 Å². The summed E-state index contributed by atoms with van der Waals surface area (Å²) in [7, 11) is 0. The maximum absolute atomic E-state index is 12.8. The quantitative estimate of drug-likeness (QED) is 0.486. The van der Waals surface area contributed by atoms with Gasteiger partial charge < -0.3 is 15.0 Å². The topological polar surface area (TPSA) is 67.3 Å². The number of anilines is 2. The van der Waals surface area contributed by atoms with Gasteiger partial charge in [-0.2, -0.15) is 0 Å². The van der Waals surface area contributed by atoms with Gasteiger partial charge in [0.05, 0.1) is 5.69 Å². The van der Waals surface area contributed by atoms with Crippen LogP contribution in [0.2, 0.25) is 5.02 Å². The standard InChI is InChI=1S/C26H29ClN4O2/c1-26(2,33-22-13-9-20(27)10-14-22)25(32)28-21-11-7-19(8-12-21)23-15-16-24(30-29-23)31-17-5-3-4-6-18-31/h7-16H,3-6,17-18H2,1-2H3,(H,28,32). The average Bonchev–Trinajstić information content (AvgIpc) is 3.11. The second kappa shape index (κ2) is 10.2. The van der Waals surface area contributed by atoms with Gasteiger partial charge in [-0.05, 0) is 75.2 Å². The van der Waals surface area contributed by atoms with Gasteiger partial charge in [0.15, 0.2) is 11.4 Å². The van der Waals surface area contributed by atoms with Crippen LogP contribution < -0.4 is 15.0 Å². The zero-order valence-electron chi connectivity index (χ0n) is 19.1. The number of carbonyl (C=O) groups excluding carboxylic acids is 1. The van der Waals surface area contributed by atoms with Crippen molar-refractivity contribution in [3.05, 3.63) is 65.7 Å². The molecule has 0 bridgehead atoms. The summed E-state index contributed by atoms with van der Waals surface area (Å²) < 4.78 is 5.86. The van der Waals surface area contributed by atoms with Crippen LogP contribution in [0.25, 0.3) is 11.3 Å². The summed E-state index contributed by atoms with van der Waals surface area (Å²) in [6.07, 6.45) is 4.99. The molecule has 7 heteroatoms. The van der Waals surface area contributed by atoms with Gasteiger partial charge in [0.2, 0.25) is 0 Å². The number of hydrogen-bond donors (Lipinski definition) is 1. The number of benzene rings is 2. The van der Waals surface area contributed by atoms with Crippen molar-refractivity contribution in [2.75, 3.05) is 23.3 Å². The predicted octanol–water partition coefficient (Wildman–Crippen LogP) is 5.97. The molecule has 1 aromatic heterocycles. The van der Waals surface area contributed by atoms with Gasteiger partial charge in [0.25, 0.3) is 5.91 Å². The number of carbonyl (C=O) groups is 1. The highest BCUT2D eigenvalue weighted by atomic mass is 35.5. The molecule has 3 aromatic rings. The number of hydrogen-bond acceptors (Lipinski definition) is 5. The Hall–Kier alpha value is -3.12. The molecule has 1 saturated heterocycles. The molecule has 1 amide bonds. The highest BCUT2D eigenvalue weighted by Crippen LogP contribution is 2.24. The number of aromatic nitrogens is 2. The molecular formula is C26H29ClN4O2. The minimum absolute atomic E-state index is 0.244. The van der Waals surface area contributed by atoms with Crippen molar-refractivity contribution < 1.29 is 9.53 Å². The van der Waals surface area contributed by atoms with Gasteiger partial charge in [0.1, 0.15) is 5.75 Å². The first-order valence-corrected chi connectivity index (χ1v) is 11.7. The van der Waals surface area contributed by atoms with Crippen LogP contribution >= 0.6 is 11.6 Å². The number of rotatable bonds is 6. The lowest BCUT2D eigenvalue weighted by Gasteiger charge is -2.25. The van der Waals surface area contributed by atoms with Gasteiger partial charge in [0, 0.05) is 29.4 Å². The van der Waals surface area contributed by atoms with E-state index >= 15 is 0 Å². The lowest BCUT2D eigenvalue weighted by atomic mass is 10.1. The van der Waals surface area contributed by atoms with Crippen molar-refractivity contribution >= 4 is 29.0 Å². The molecule has 1 aliphatic heterocycles. The van der Waals surface area contributed by atoms with Gasteiger partial charge in [-0.3, -0.25) is 4.79 Å². The summed E-state index contributed by atoms with van der Waals surface area (Å²) in [6.45, 7) is 5.54. The number of halogens is 1. The van der Waals surface area contributed by atoms with E-state index in [9.17, 15) is 4.79 Å². The maximum Gasteiger partial charge on any atom is 0.267 e. The van der Waals surface area contributed by atoms with E-state index in [1.165, 1.54) is 25.7 Å². The van der Waals surface area contributed by atoms with Crippen molar-refractivity contribution in [2.24, 2.45) is 0 Å². The molecule has 0 aliphatic carbocycles. The zero-order chi connectivity index (χ0) is 23.3. The zero-order valence-corrected chi connectivity index (χ0v) is 19.8. The van der Waals surface area contributed by atoms with Crippen LogP contribution in [0.3, 0.4) is 0 Å². The molecule has 4 rings (SSSR count). The third-order valence-corrected chi connectivity index (χ3v) is 6.00. The molecule has 2 heterocycles. The first-order valence-electron chi connectivity index (χ1n) is 11.4. The smallest absolute Gasteiger partial charge is 0.267 e. The molecule has 1 fully saturated rings. The van der Waals surface area contributed by atoms with E-state index in [0.717, 1.165) is 30.2 Å². The highest BCUT2D eigenvalue weighted by Gasteiger charge is 2.30. The second-order valence-corrected chi connectivity index (χ2v) is 9.21. The van der Waals surface area contributed by atoms with Crippen LogP contribution in [0.15, 0.2) is 60.7 Å². The minimum Gasteiger partial charge on any atom is -0.478 e. The number of nitrogens with zero attached hydrogens (tertiary/aromatic N) is 3. The van der Waals surface area contributed by atoms with Crippen molar-refractivity contribution in [3.8, 4) is 17.0 Å². The second-order valence-electron chi connectivity index (χ2n) is 8.78. The molecule has 0 spiro atoms. The van der Waals surface area contributed by atoms with Crippen LogP contribution in [0.4, 0.5) is 11.5 Å². The molecule has 0 atom stereocenters. The summed E-state index contributed by atoms with van der Waals surface area (Å²) in [5.74, 6) is 1.27. The van der Waals surface area contributed by atoms with E-state index in [2.05, 4.69) is 20.4 Å². The lowest BCUT2D eigenvalue weighted by molar-refractivity contribution is -0.128. The Kier molecular flexibility index (Phi) is 7.14. The summed E-state index contributed by atoms with van der Waals surface area (Å²) in [5.41, 5.74) is 1.38. The van der Waals surface area contributed by atoms with Crippen LogP contribution in [-0.4, -0.2) is 34.8 Å². The Bertz CT molecular complexity index is 1060. The molecule has 0 unspecified atom stereocenters. The van der Waals surface area contributed by atoms with Crippen LogP contribution in [0, 0.1) is 0 Å². The summed E-state index contributed by atoms with van der Waals surface area (Å²) in [5, 5.41) is 12.4. The summed E-state index contributed by atoms with van der Waals surface area (Å²) >= 11 is 5.91. The Balaban J connectivity index is 1.38. The van der Waals surface area contributed by atoms with E-state index in [0.29, 0.717) is 16.5 Å². The average molecular weight is 465 g/mol. The predicted molar refractivity (Wildman–Crippen MR) is 133 cm³/mol. The fraction of sp³-hybridized carbons (Fsp3) is 0.346. The molecule has 1 N–H and O–H groups in total. The third-order valence-electron chi connectivity index (χ3n) is 5.75. The van der Waals surface area contributed by atoms with Crippen molar-refractivity contribution in [1.29, 1.82) is 0 Å². The molecule has 1 aliphatic rings. The molecule has 33 heavy (non-hydrogen) atoms. The maximum atomic E-state index is 12.8. The Labute approximate surface area is 199 Å². The largest absolute Gasteiger partial charge is 0.478 e. The summed E-state index contributed by atoms with van der Waals surface area (Å²) in [6, 6.07) is 18.6. The van der Waals surface area contributed by atoms with Crippen LogP contribution in [0.1, 0.15) is 39.5 Å². The van der Waals surface area contributed by atoms with Crippen LogP contribution in [0.5, 0.6) is 5.75 Å². The van der Waals surface area contributed by atoms with Crippen molar-refractivity contribution in [1.82, 2.24) is 10.2 Å².